The first-order valence-electron chi connectivity index (χ1n) is 2.51. The lowest BCUT2D eigenvalue weighted by molar-refractivity contribution is 0.177. The van der Waals surface area contributed by atoms with Gasteiger partial charge in [0.1, 0.15) is 11.2 Å². The van der Waals surface area contributed by atoms with Crippen molar-refractivity contribution in [2.24, 2.45) is 0 Å². The lowest BCUT2D eigenvalue weighted by Crippen LogP contribution is -1.81. The van der Waals surface area contributed by atoms with Gasteiger partial charge in [0.15, 0.2) is 0 Å². The molecule has 1 radical (unpaired) electrons. The van der Waals surface area contributed by atoms with Gasteiger partial charge in [-0.1, -0.05) is 0 Å². The molecular formula is C6H5BrNO. The third-order valence-electron chi connectivity index (χ3n) is 0.958. The monoisotopic (exact) mass is 186 g/mol. The largest absolute Gasteiger partial charge is 0.249 e. The molecule has 1 aromatic rings. The zero-order chi connectivity index (χ0) is 6.69. The van der Waals surface area contributed by atoms with Crippen LogP contribution in [0.15, 0.2) is 22.9 Å². The fourth-order valence-electron chi connectivity index (χ4n) is 0.532. The van der Waals surface area contributed by atoms with E-state index in [9.17, 15) is 5.11 Å². The first kappa shape index (κ1) is 6.71. The van der Waals surface area contributed by atoms with Crippen molar-refractivity contribution in [3.05, 3.63) is 28.5 Å². The molecular weight excluding hydrogens is 182 g/mol. The molecule has 1 heterocycles. The normalized spacial score (nSPS) is 9.56. The Kier molecular flexibility index (Phi) is 2.19. The number of hydrogen-bond donors (Lipinski definition) is 0. The molecule has 0 saturated carbocycles. The fourth-order valence-corrected chi connectivity index (χ4v) is 0.945. The first-order valence-corrected chi connectivity index (χ1v) is 3.31. The Morgan fingerprint density at radius 3 is 2.89 bits per heavy atom. The van der Waals surface area contributed by atoms with Crippen molar-refractivity contribution >= 4 is 15.9 Å². The van der Waals surface area contributed by atoms with E-state index in [2.05, 4.69) is 20.9 Å². The van der Waals surface area contributed by atoms with Crippen LogP contribution in [0.1, 0.15) is 5.56 Å². The summed E-state index contributed by atoms with van der Waals surface area (Å²) in [7, 11) is 0. The standard InChI is InChI=1S/C6H5BrNO/c7-6-3-5(4-9)1-2-8-6/h1-3H,4H2. The molecule has 9 heavy (non-hydrogen) atoms. The summed E-state index contributed by atoms with van der Waals surface area (Å²) in [5.41, 5.74) is 0.761. The smallest absolute Gasteiger partial charge is 0.107 e. The van der Waals surface area contributed by atoms with Crippen LogP contribution in [0.3, 0.4) is 0 Å². The zero-order valence-corrected chi connectivity index (χ0v) is 6.26. The van der Waals surface area contributed by atoms with E-state index in [-0.39, 0.29) is 6.61 Å². The molecule has 0 unspecified atom stereocenters. The number of hydrogen-bond acceptors (Lipinski definition) is 1. The van der Waals surface area contributed by atoms with Crippen molar-refractivity contribution in [1.82, 2.24) is 4.98 Å². The summed E-state index contributed by atoms with van der Waals surface area (Å²) in [6, 6.07) is 3.42. The van der Waals surface area contributed by atoms with Crippen molar-refractivity contribution in [2.45, 2.75) is 6.61 Å². The molecule has 0 saturated heterocycles. The maximum Gasteiger partial charge on any atom is 0.107 e. The second-order valence-corrected chi connectivity index (χ2v) is 2.44. The van der Waals surface area contributed by atoms with Crippen LogP contribution in [0.4, 0.5) is 0 Å². The number of nitrogens with zero attached hydrogens (tertiary/aromatic N) is 1. The van der Waals surface area contributed by atoms with Crippen molar-refractivity contribution in [3.63, 3.8) is 0 Å². The molecule has 3 heteroatoms. The van der Waals surface area contributed by atoms with Crippen LogP contribution in [0.2, 0.25) is 0 Å². The maximum absolute atomic E-state index is 10.2. The average Bonchev–Trinajstić information content (AvgIpc) is 1.88. The van der Waals surface area contributed by atoms with Crippen molar-refractivity contribution in [1.29, 1.82) is 0 Å². The minimum atomic E-state index is -0.179. The predicted molar refractivity (Wildman–Crippen MR) is 36.3 cm³/mol. The lowest BCUT2D eigenvalue weighted by Gasteiger charge is -1.91. The van der Waals surface area contributed by atoms with E-state index in [0.29, 0.717) is 0 Å². The highest BCUT2D eigenvalue weighted by Crippen LogP contribution is 2.07. The first-order chi connectivity index (χ1) is 4.33. The third-order valence-corrected chi connectivity index (χ3v) is 1.39. The van der Waals surface area contributed by atoms with Gasteiger partial charge in [-0.3, -0.25) is 0 Å². The SMILES string of the molecule is [O]Cc1ccnc(Br)c1. The fraction of sp³-hybridized carbons (Fsp3) is 0.167. The van der Waals surface area contributed by atoms with Crippen molar-refractivity contribution < 1.29 is 5.11 Å². The second-order valence-electron chi connectivity index (χ2n) is 1.63. The van der Waals surface area contributed by atoms with Crippen molar-refractivity contribution in [3.8, 4) is 0 Å². The molecule has 0 amide bonds. The van der Waals surface area contributed by atoms with Gasteiger partial charge >= 0.3 is 0 Å². The van der Waals surface area contributed by atoms with Gasteiger partial charge < -0.3 is 0 Å². The number of pyridine rings is 1. The summed E-state index contributed by atoms with van der Waals surface area (Å²) in [5.74, 6) is 0. The maximum atomic E-state index is 10.2. The molecule has 0 aliphatic heterocycles. The Morgan fingerprint density at radius 1 is 1.67 bits per heavy atom. The molecule has 1 rings (SSSR count). The Balaban J connectivity index is 2.94. The quantitative estimate of drug-likeness (QED) is 0.616. The number of rotatable bonds is 1. The van der Waals surface area contributed by atoms with Gasteiger partial charge in [-0.15, -0.1) is 0 Å². The molecule has 0 atom stereocenters. The van der Waals surface area contributed by atoms with E-state index in [1.807, 2.05) is 0 Å². The van der Waals surface area contributed by atoms with Crippen LogP contribution in [0, 0.1) is 0 Å². The Morgan fingerprint density at radius 2 is 2.44 bits per heavy atom. The Hall–Kier alpha value is -0.410. The van der Waals surface area contributed by atoms with E-state index in [0.717, 1.165) is 10.2 Å². The van der Waals surface area contributed by atoms with Gasteiger partial charge in [-0.25, -0.2) is 10.1 Å². The van der Waals surface area contributed by atoms with Gasteiger partial charge in [-0.05, 0) is 33.6 Å². The summed E-state index contributed by atoms with van der Waals surface area (Å²) in [5, 5.41) is 10.2. The van der Waals surface area contributed by atoms with Gasteiger partial charge in [0, 0.05) is 6.20 Å². The second kappa shape index (κ2) is 2.94. The van der Waals surface area contributed by atoms with Crippen LogP contribution < -0.4 is 0 Å². The van der Waals surface area contributed by atoms with E-state index in [4.69, 9.17) is 0 Å². The molecule has 0 spiro atoms. The molecule has 0 fully saturated rings. The summed E-state index contributed by atoms with van der Waals surface area (Å²) < 4.78 is 0.718. The molecule has 0 bridgehead atoms. The lowest BCUT2D eigenvalue weighted by atomic mass is 10.3. The van der Waals surface area contributed by atoms with E-state index < -0.39 is 0 Å². The average molecular weight is 187 g/mol. The van der Waals surface area contributed by atoms with Gasteiger partial charge in [0.25, 0.3) is 0 Å². The van der Waals surface area contributed by atoms with E-state index in [1.165, 1.54) is 0 Å². The summed E-state index contributed by atoms with van der Waals surface area (Å²) in [4.78, 5) is 3.87. The number of halogens is 1. The molecule has 47 valence electrons. The summed E-state index contributed by atoms with van der Waals surface area (Å²) in [6.07, 6.45) is 1.61. The zero-order valence-electron chi connectivity index (χ0n) is 4.67. The third kappa shape index (κ3) is 1.77. The molecule has 1 aromatic heterocycles. The highest BCUT2D eigenvalue weighted by molar-refractivity contribution is 9.10. The highest BCUT2D eigenvalue weighted by atomic mass is 79.9. The predicted octanol–water partition coefficient (Wildman–Crippen LogP) is 1.77. The molecule has 2 nitrogen and oxygen atoms in total. The Bertz CT molecular complexity index is 202. The minimum Gasteiger partial charge on any atom is -0.249 e. The Labute approximate surface area is 61.7 Å². The topological polar surface area (TPSA) is 32.8 Å². The van der Waals surface area contributed by atoms with Crippen LogP contribution in [0.5, 0.6) is 0 Å². The highest BCUT2D eigenvalue weighted by Gasteiger charge is 1.90. The van der Waals surface area contributed by atoms with Crippen molar-refractivity contribution in [2.75, 3.05) is 0 Å². The summed E-state index contributed by atoms with van der Waals surface area (Å²) >= 11 is 3.15. The van der Waals surface area contributed by atoms with Crippen LogP contribution in [-0.4, -0.2) is 4.98 Å². The summed E-state index contributed by atoms with van der Waals surface area (Å²) in [6.45, 7) is -0.179. The van der Waals surface area contributed by atoms with Crippen LogP contribution in [-0.2, 0) is 11.7 Å². The van der Waals surface area contributed by atoms with Gasteiger partial charge in [0.2, 0.25) is 0 Å². The van der Waals surface area contributed by atoms with E-state index in [1.54, 1.807) is 18.3 Å². The minimum absolute atomic E-state index is 0.179. The molecule has 0 aliphatic carbocycles. The molecule has 0 aromatic carbocycles. The van der Waals surface area contributed by atoms with Gasteiger partial charge in [0.05, 0.1) is 0 Å². The van der Waals surface area contributed by atoms with E-state index >= 15 is 0 Å². The molecule has 0 N–H and O–H groups in total. The molecule has 0 aliphatic rings. The number of aromatic nitrogens is 1. The van der Waals surface area contributed by atoms with Gasteiger partial charge in [-0.2, -0.15) is 0 Å². The van der Waals surface area contributed by atoms with Crippen LogP contribution in [0.25, 0.3) is 0 Å². The van der Waals surface area contributed by atoms with Crippen LogP contribution >= 0.6 is 15.9 Å².